The molecule has 0 fully saturated rings. The maximum absolute atomic E-state index is 13.0. The number of nitrogens with zero attached hydrogens (tertiary/aromatic N) is 1. The molecule has 7 heteroatoms. The summed E-state index contributed by atoms with van der Waals surface area (Å²) in [6, 6.07) is 13.5. The van der Waals surface area contributed by atoms with Crippen LogP contribution in [0.2, 0.25) is 5.02 Å². The molecule has 0 saturated carbocycles. The molecule has 0 bridgehead atoms. The molecule has 3 rings (SSSR count). The predicted octanol–water partition coefficient (Wildman–Crippen LogP) is 3.24. The van der Waals surface area contributed by atoms with Crippen molar-refractivity contribution in [3.8, 4) is 5.75 Å². The highest BCUT2D eigenvalue weighted by Gasteiger charge is 2.31. The number of benzene rings is 2. The summed E-state index contributed by atoms with van der Waals surface area (Å²) in [5, 5.41) is 1.64. The Balaban J connectivity index is 1.89. The van der Waals surface area contributed by atoms with Gasteiger partial charge in [-0.1, -0.05) is 29.8 Å². The SMILES string of the molecule is COc1ccc(CC(=O)N(c2cccc(Cl)c2)[C@H]2C=CS(=O)(=O)C2)cc1. The van der Waals surface area contributed by atoms with Crippen LogP contribution in [-0.4, -0.2) is 33.2 Å². The van der Waals surface area contributed by atoms with Gasteiger partial charge in [0.2, 0.25) is 5.91 Å². The van der Waals surface area contributed by atoms with E-state index in [-0.39, 0.29) is 18.1 Å². The summed E-state index contributed by atoms with van der Waals surface area (Å²) in [7, 11) is -1.72. The lowest BCUT2D eigenvalue weighted by molar-refractivity contribution is -0.118. The van der Waals surface area contributed by atoms with E-state index in [1.807, 2.05) is 12.1 Å². The van der Waals surface area contributed by atoms with E-state index in [9.17, 15) is 13.2 Å². The van der Waals surface area contributed by atoms with Crippen LogP contribution < -0.4 is 9.64 Å². The quantitative estimate of drug-likeness (QED) is 0.784. The molecule has 0 spiro atoms. The summed E-state index contributed by atoms with van der Waals surface area (Å²) < 4.78 is 28.8. The maximum atomic E-state index is 13.0. The molecule has 26 heavy (non-hydrogen) atoms. The first-order valence-electron chi connectivity index (χ1n) is 7.99. The highest BCUT2D eigenvalue weighted by Crippen LogP contribution is 2.26. The highest BCUT2D eigenvalue weighted by molar-refractivity contribution is 7.94. The van der Waals surface area contributed by atoms with Crippen LogP contribution in [0.1, 0.15) is 5.56 Å². The van der Waals surface area contributed by atoms with E-state index in [1.54, 1.807) is 49.6 Å². The summed E-state index contributed by atoms with van der Waals surface area (Å²) in [4.78, 5) is 14.5. The Labute approximate surface area is 157 Å². The maximum Gasteiger partial charge on any atom is 0.231 e. The van der Waals surface area contributed by atoms with Crippen LogP contribution >= 0.6 is 11.6 Å². The zero-order valence-electron chi connectivity index (χ0n) is 14.1. The number of rotatable bonds is 5. The molecule has 0 saturated heterocycles. The van der Waals surface area contributed by atoms with E-state index in [2.05, 4.69) is 0 Å². The summed E-state index contributed by atoms with van der Waals surface area (Å²) >= 11 is 6.06. The van der Waals surface area contributed by atoms with Gasteiger partial charge in [0.05, 0.1) is 25.3 Å². The lowest BCUT2D eigenvalue weighted by Gasteiger charge is -2.28. The topological polar surface area (TPSA) is 63.7 Å². The van der Waals surface area contributed by atoms with E-state index in [0.29, 0.717) is 16.5 Å². The van der Waals surface area contributed by atoms with Crippen LogP contribution in [0.4, 0.5) is 5.69 Å². The lowest BCUT2D eigenvalue weighted by Crippen LogP contribution is -2.42. The number of hydrogen-bond donors (Lipinski definition) is 0. The van der Waals surface area contributed by atoms with E-state index in [0.717, 1.165) is 11.0 Å². The molecule has 0 unspecified atom stereocenters. The van der Waals surface area contributed by atoms with Gasteiger partial charge in [0, 0.05) is 16.1 Å². The molecule has 1 aliphatic rings. The Hall–Kier alpha value is -2.31. The molecule has 136 valence electrons. The van der Waals surface area contributed by atoms with Gasteiger partial charge in [0.15, 0.2) is 9.84 Å². The van der Waals surface area contributed by atoms with Gasteiger partial charge in [-0.25, -0.2) is 8.42 Å². The molecule has 1 heterocycles. The van der Waals surface area contributed by atoms with E-state index < -0.39 is 15.9 Å². The molecule has 1 amide bonds. The van der Waals surface area contributed by atoms with Crippen molar-refractivity contribution >= 4 is 33.0 Å². The average molecular weight is 392 g/mol. The Morgan fingerprint density at radius 2 is 1.96 bits per heavy atom. The number of halogens is 1. The number of carbonyl (C=O) groups excluding carboxylic acids is 1. The van der Waals surface area contributed by atoms with Gasteiger partial charge >= 0.3 is 0 Å². The summed E-state index contributed by atoms with van der Waals surface area (Å²) in [5.74, 6) is 0.371. The first kappa shape index (κ1) is 18.5. The molecular weight excluding hydrogens is 374 g/mol. The predicted molar refractivity (Wildman–Crippen MR) is 102 cm³/mol. The number of carbonyl (C=O) groups is 1. The van der Waals surface area contributed by atoms with E-state index >= 15 is 0 Å². The summed E-state index contributed by atoms with van der Waals surface area (Å²) in [6.45, 7) is 0. The molecule has 0 aliphatic carbocycles. The number of sulfone groups is 1. The van der Waals surface area contributed by atoms with Crippen molar-refractivity contribution in [1.82, 2.24) is 0 Å². The molecule has 5 nitrogen and oxygen atoms in total. The second kappa shape index (κ2) is 7.51. The Morgan fingerprint density at radius 1 is 1.23 bits per heavy atom. The molecule has 0 radical (unpaired) electrons. The van der Waals surface area contributed by atoms with Gasteiger partial charge < -0.3 is 9.64 Å². The summed E-state index contributed by atoms with van der Waals surface area (Å²) in [6.07, 6.45) is 1.68. The fourth-order valence-corrected chi connectivity index (χ4v) is 4.32. The van der Waals surface area contributed by atoms with Crippen molar-refractivity contribution in [3.63, 3.8) is 0 Å². The van der Waals surface area contributed by atoms with E-state index in [1.165, 1.54) is 4.90 Å². The van der Waals surface area contributed by atoms with Gasteiger partial charge in [0.25, 0.3) is 0 Å². The monoisotopic (exact) mass is 391 g/mol. The second-order valence-electron chi connectivity index (χ2n) is 5.99. The Kier molecular flexibility index (Phi) is 5.34. The fraction of sp³-hybridized carbons (Fsp3) is 0.211. The van der Waals surface area contributed by atoms with Gasteiger partial charge in [-0.05, 0) is 42.0 Å². The zero-order valence-corrected chi connectivity index (χ0v) is 15.7. The fourth-order valence-electron chi connectivity index (χ4n) is 2.87. The normalized spacial score (nSPS) is 17.8. The first-order valence-corrected chi connectivity index (χ1v) is 10.1. The average Bonchev–Trinajstić information content (AvgIpc) is 2.95. The third kappa shape index (κ3) is 4.26. The van der Waals surface area contributed by atoms with Crippen LogP contribution in [0.25, 0.3) is 0 Å². The number of methoxy groups -OCH3 is 1. The molecular formula is C19H18ClNO4S. The number of hydrogen-bond acceptors (Lipinski definition) is 4. The molecule has 2 aromatic carbocycles. The smallest absolute Gasteiger partial charge is 0.231 e. The van der Waals surface area contributed by atoms with Crippen LogP contribution in [-0.2, 0) is 21.1 Å². The highest BCUT2D eigenvalue weighted by atomic mass is 35.5. The standard InChI is InChI=1S/C19H18ClNO4S/c1-25-18-7-5-14(6-8-18)11-19(22)21(16-4-2-3-15(20)12-16)17-9-10-26(23,24)13-17/h2-10,12,17H,11,13H2,1H3/t17-/m0/s1. The van der Waals surface area contributed by atoms with Crippen molar-refractivity contribution in [2.75, 3.05) is 17.8 Å². The minimum Gasteiger partial charge on any atom is -0.497 e. The number of amides is 1. The largest absolute Gasteiger partial charge is 0.497 e. The van der Waals surface area contributed by atoms with Gasteiger partial charge in [-0.2, -0.15) is 0 Å². The molecule has 0 aromatic heterocycles. The van der Waals surface area contributed by atoms with Crippen LogP contribution in [0, 0.1) is 0 Å². The Bertz CT molecular complexity index is 938. The van der Waals surface area contributed by atoms with Crippen molar-refractivity contribution in [2.45, 2.75) is 12.5 Å². The zero-order chi connectivity index (χ0) is 18.7. The number of anilines is 1. The molecule has 1 aliphatic heterocycles. The van der Waals surface area contributed by atoms with Crippen molar-refractivity contribution in [1.29, 1.82) is 0 Å². The third-order valence-electron chi connectivity index (χ3n) is 4.11. The van der Waals surface area contributed by atoms with Crippen molar-refractivity contribution < 1.29 is 17.9 Å². The van der Waals surface area contributed by atoms with Crippen LogP contribution in [0.5, 0.6) is 5.75 Å². The van der Waals surface area contributed by atoms with Crippen molar-refractivity contribution in [2.24, 2.45) is 0 Å². The second-order valence-corrected chi connectivity index (χ2v) is 8.36. The lowest BCUT2D eigenvalue weighted by atomic mass is 10.1. The minimum atomic E-state index is -3.30. The molecule has 2 aromatic rings. The van der Waals surface area contributed by atoms with Gasteiger partial charge in [-0.15, -0.1) is 0 Å². The third-order valence-corrected chi connectivity index (χ3v) is 5.73. The number of ether oxygens (including phenoxy) is 1. The van der Waals surface area contributed by atoms with Crippen LogP contribution in [0.3, 0.4) is 0 Å². The van der Waals surface area contributed by atoms with E-state index in [4.69, 9.17) is 16.3 Å². The first-order chi connectivity index (χ1) is 12.4. The molecule has 0 N–H and O–H groups in total. The van der Waals surface area contributed by atoms with Crippen LogP contribution in [0.15, 0.2) is 60.0 Å². The van der Waals surface area contributed by atoms with Crippen molar-refractivity contribution in [3.05, 3.63) is 70.6 Å². The minimum absolute atomic E-state index is 0.131. The molecule has 1 atom stereocenters. The van der Waals surface area contributed by atoms with Gasteiger partial charge in [0.1, 0.15) is 5.75 Å². The van der Waals surface area contributed by atoms with Gasteiger partial charge in [-0.3, -0.25) is 4.79 Å². The summed E-state index contributed by atoms with van der Waals surface area (Å²) in [5.41, 5.74) is 1.38. The Morgan fingerprint density at radius 3 is 2.54 bits per heavy atom.